The Morgan fingerprint density at radius 1 is 0.458 bits per heavy atom. The third-order valence-corrected chi connectivity index (χ3v) is 12.3. The standard InChI is InChI=1S/C49H98NO8P/c1-6-8-10-12-14-16-18-20-21-22-23-24-25-26-27-28-30-32-34-36-38-40-42-49(52)58-47(46-57-59(53,54)56-44-43-50(3,4)5)45-55-48(51)41-39-37-35-33-31-29-19-17-15-13-11-9-7-2/h47H,6-46H2,1-5H3. The zero-order valence-electron chi connectivity index (χ0n) is 39.7. The number of phosphoric ester groups is 1. The molecule has 0 heterocycles. The summed E-state index contributed by atoms with van der Waals surface area (Å²) in [4.78, 5) is 37.6. The van der Waals surface area contributed by atoms with Crippen LogP contribution in [0.25, 0.3) is 0 Å². The van der Waals surface area contributed by atoms with Crippen LogP contribution in [0.5, 0.6) is 0 Å². The first kappa shape index (κ1) is 58.0. The number of esters is 2. The predicted molar refractivity (Wildman–Crippen MR) is 245 cm³/mol. The van der Waals surface area contributed by atoms with Crippen LogP contribution in [0.1, 0.15) is 251 Å². The summed E-state index contributed by atoms with van der Waals surface area (Å²) in [6.07, 6.45) is 44.2. The molecule has 0 aliphatic rings. The number of carbonyl (C=O) groups is 2. The van der Waals surface area contributed by atoms with Crippen molar-refractivity contribution < 1.29 is 42.1 Å². The van der Waals surface area contributed by atoms with Gasteiger partial charge < -0.3 is 27.9 Å². The fourth-order valence-electron chi connectivity index (χ4n) is 7.42. The number of phosphoric acid groups is 1. The fourth-order valence-corrected chi connectivity index (χ4v) is 8.15. The van der Waals surface area contributed by atoms with Crippen LogP contribution in [0.3, 0.4) is 0 Å². The summed E-state index contributed by atoms with van der Waals surface area (Å²) >= 11 is 0. The zero-order valence-corrected chi connectivity index (χ0v) is 40.6. The molecule has 2 unspecified atom stereocenters. The van der Waals surface area contributed by atoms with Crippen LogP contribution >= 0.6 is 7.82 Å². The van der Waals surface area contributed by atoms with E-state index in [1.165, 1.54) is 186 Å². The Balaban J connectivity index is 4.17. The van der Waals surface area contributed by atoms with E-state index in [9.17, 15) is 19.0 Å². The molecular weight excluding hydrogens is 762 g/mol. The highest BCUT2D eigenvalue weighted by atomic mass is 31.2. The first-order chi connectivity index (χ1) is 28.5. The van der Waals surface area contributed by atoms with E-state index in [0.717, 1.165) is 32.1 Å². The second-order valence-electron chi connectivity index (χ2n) is 18.6. The number of rotatable bonds is 47. The maximum Gasteiger partial charge on any atom is 0.306 e. The molecule has 352 valence electrons. The number of likely N-dealkylation sites (N-methyl/N-ethyl adjacent to an activating group) is 1. The highest BCUT2D eigenvalue weighted by Crippen LogP contribution is 2.38. The van der Waals surface area contributed by atoms with Gasteiger partial charge in [0.25, 0.3) is 7.82 Å². The molecule has 0 aromatic heterocycles. The van der Waals surface area contributed by atoms with Crippen LogP contribution in [0.15, 0.2) is 0 Å². The normalized spacial score (nSPS) is 13.4. The number of unbranched alkanes of at least 4 members (excludes halogenated alkanes) is 33. The van der Waals surface area contributed by atoms with E-state index in [1.54, 1.807) is 0 Å². The highest BCUT2D eigenvalue weighted by Gasteiger charge is 2.21. The summed E-state index contributed by atoms with van der Waals surface area (Å²) in [6.45, 7) is 4.28. The van der Waals surface area contributed by atoms with E-state index < -0.39 is 26.5 Å². The van der Waals surface area contributed by atoms with E-state index >= 15 is 0 Å². The SMILES string of the molecule is CCCCCCCCCCCCCCCCCCCCCCCCC(=O)OC(COC(=O)CCCCCCCCCCCCCCC)COP(=O)([O-])OCC[N+](C)(C)C. The number of hydrogen-bond donors (Lipinski definition) is 0. The Labute approximate surface area is 365 Å². The first-order valence-electron chi connectivity index (χ1n) is 25.2. The molecule has 9 nitrogen and oxygen atoms in total. The molecular formula is C49H98NO8P. The summed E-state index contributed by atoms with van der Waals surface area (Å²) in [6, 6.07) is 0. The second-order valence-corrected chi connectivity index (χ2v) is 20.0. The Kier molecular flexibility index (Phi) is 41.6. The fraction of sp³-hybridized carbons (Fsp3) is 0.959. The van der Waals surface area contributed by atoms with Gasteiger partial charge in [0.2, 0.25) is 0 Å². The summed E-state index contributed by atoms with van der Waals surface area (Å²) in [5, 5.41) is 0. The number of quaternary nitrogens is 1. The van der Waals surface area contributed by atoms with Gasteiger partial charge in [-0.15, -0.1) is 0 Å². The van der Waals surface area contributed by atoms with Crippen molar-refractivity contribution in [1.82, 2.24) is 0 Å². The molecule has 0 saturated heterocycles. The Morgan fingerprint density at radius 3 is 1.08 bits per heavy atom. The summed E-state index contributed by atoms with van der Waals surface area (Å²) < 4.78 is 34.0. The minimum Gasteiger partial charge on any atom is -0.756 e. The molecule has 59 heavy (non-hydrogen) atoms. The molecule has 0 amide bonds. The van der Waals surface area contributed by atoms with Crippen molar-refractivity contribution in [3.63, 3.8) is 0 Å². The van der Waals surface area contributed by atoms with Gasteiger partial charge in [0.05, 0.1) is 27.7 Å². The van der Waals surface area contributed by atoms with Crippen molar-refractivity contribution in [2.24, 2.45) is 0 Å². The molecule has 0 N–H and O–H groups in total. The molecule has 0 spiro atoms. The quantitative estimate of drug-likeness (QED) is 0.0257. The van der Waals surface area contributed by atoms with Gasteiger partial charge in [-0.1, -0.05) is 226 Å². The number of carbonyl (C=O) groups excluding carboxylic acids is 2. The van der Waals surface area contributed by atoms with Gasteiger partial charge >= 0.3 is 11.9 Å². The Morgan fingerprint density at radius 2 is 0.763 bits per heavy atom. The maximum atomic E-state index is 12.7. The zero-order chi connectivity index (χ0) is 43.6. The third kappa shape index (κ3) is 46.3. The van der Waals surface area contributed by atoms with Gasteiger partial charge in [0, 0.05) is 12.8 Å². The number of ether oxygens (including phenoxy) is 2. The van der Waals surface area contributed by atoms with Gasteiger partial charge in [-0.25, -0.2) is 0 Å². The lowest BCUT2D eigenvalue weighted by Gasteiger charge is -2.28. The van der Waals surface area contributed by atoms with Crippen molar-refractivity contribution >= 4 is 19.8 Å². The summed E-state index contributed by atoms with van der Waals surface area (Å²) in [5.74, 6) is -0.816. The molecule has 0 aliphatic carbocycles. The average molecular weight is 860 g/mol. The molecule has 0 rings (SSSR count). The van der Waals surface area contributed by atoms with E-state index in [1.807, 2.05) is 21.1 Å². The Hall–Kier alpha value is -0.990. The van der Waals surface area contributed by atoms with Crippen LogP contribution in [0.4, 0.5) is 0 Å². The van der Waals surface area contributed by atoms with Crippen LogP contribution in [0, 0.1) is 0 Å². The smallest absolute Gasteiger partial charge is 0.306 e. The van der Waals surface area contributed by atoms with Crippen molar-refractivity contribution in [3.8, 4) is 0 Å². The topological polar surface area (TPSA) is 111 Å². The van der Waals surface area contributed by atoms with E-state index in [4.69, 9.17) is 18.5 Å². The lowest BCUT2D eigenvalue weighted by atomic mass is 10.0. The van der Waals surface area contributed by atoms with E-state index in [0.29, 0.717) is 17.4 Å². The third-order valence-electron chi connectivity index (χ3n) is 11.4. The minimum absolute atomic E-state index is 0.0254. The van der Waals surface area contributed by atoms with Crippen molar-refractivity contribution in [2.45, 2.75) is 258 Å². The van der Waals surface area contributed by atoms with Crippen LogP contribution in [0.2, 0.25) is 0 Å². The molecule has 0 bridgehead atoms. The average Bonchev–Trinajstić information content (AvgIpc) is 3.19. The highest BCUT2D eigenvalue weighted by molar-refractivity contribution is 7.45. The molecule has 0 aromatic rings. The van der Waals surface area contributed by atoms with Crippen LogP contribution < -0.4 is 4.89 Å². The predicted octanol–water partition coefficient (Wildman–Crippen LogP) is 14.1. The van der Waals surface area contributed by atoms with Gasteiger partial charge in [0.1, 0.15) is 19.8 Å². The lowest BCUT2D eigenvalue weighted by molar-refractivity contribution is -0.870. The monoisotopic (exact) mass is 860 g/mol. The van der Waals surface area contributed by atoms with Gasteiger partial charge in [-0.3, -0.25) is 14.2 Å². The second kappa shape index (κ2) is 42.3. The summed E-state index contributed by atoms with van der Waals surface area (Å²) in [5.41, 5.74) is 0. The van der Waals surface area contributed by atoms with E-state index in [2.05, 4.69) is 13.8 Å². The molecule has 0 radical (unpaired) electrons. The number of hydrogen-bond acceptors (Lipinski definition) is 8. The molecule has 10 heteroatoms. The van der Waals surface area contributed by atoms with Gasteiger partial charge in [-0.05, 0) is 12.8 Å². The van der Waals surface area contributed by atoms with E-state index in [-0.39, 0.29) is 32.0 Å². The van der Waals surface area contributed by atoms with Crippen molar-refractivity contribution in [3.05, 3.63) is 0 Å². The van der Waals surface area contributed by atoms with Crippen molar-refractivity contribution in [1.29, 1.82) is 0 Å². The lowest BCUT2D eigenvalue weighted by Crippen LogP contribution is -2.37. The maximum absolute atomic E-state index is 12.7. The minimum atomic E-state index is -4.62. The van der Waals surface area contributed by atoms with Crippen molar-refractivity contribution in [2.75, 3.05) is 47.5 Å². The van der Waals surface area contributed by atoms with Crippen LogP contribution in [-0.4, -0.2) is 70.0 Å². The van der Waals surface area contributed by atoms with Crippen LogP contribution in [-0.2, 0) is 32.7 Å². The first-order valence-corrected chi connectivity index (χ1v) is 26.7. The number of nitrogens with zero attached hydrogens (tertiary/aromatic N) is 1. The Bertz CT molecular complexity index is 974. The molecule has 0 saturated carbocycles. The molecule has 0 aromatic carbocycles. The van der Waals surface area contributed by atoms with Gasteiger partial charge in [0.15, 0.2) is 6.10 Å². The largest absolute Gasteiger partial charge is 0.756 e. The molecule has 2 atom stereocenters. The molecule has 0 fully saturated rings. The summed E-state index contributed by atoms with van der Waals surface area (Å²) in [7, 11) is 1.19. The molecule has 0 aliphatic heterocycles. The van der Waals surface area contributed by atoms with Gasteiger partial charge in [-0.2, -0.15) is 0 Å².